The minimum absolute atomic E-state index is 0.335. The van der Waals surface area contributed by atoms with Gasteiger partial charge >= 0.3 is 0 Å². The van der Waals surface area contributed by atoms with Crippen LogP contribution in [0.1, 0.15) is 17.5 Å². The second-order valence-corrected chi connectivity index (χ2v) is 6.31. The zero-order valence-electron chi connectivity index (χ0n) is 13.4. The first kappa shape index (κ1) is 16.3. The Balaban J connectivity index is 1.65. The molecular formula is C17H28N2O2. The van der Waals surface area contributed by atoms with E-state index in [2.05, 4.69) is 23.3 Å². The Morgan fingerprint density at radius 1 is 1.43 bits per heavy atom. The van der Waals surface area contributed by atoms with Crippen LogP contribution >= 0.6 is 0 Å². The molecule has 1 aromatic carbocycles. The van der Waals surface area contributed by atoms with Crippen LogP contribution in [0.3, 0.4) is 0 Å². The highest BCUT2D eigenvalue weighted by Gasteiger charge is 2.19. The van der Waals surface area contributed by atoms with Crippen molar-refractivity contribution in [3.63, 3.8) is 0 Å². The lowest BCUT2D eigenvalue weighted by molar-refractivity contribution is 0.105. The summed E-state index contributed by atoms with van der Waals surface area (Å²) >= 11 is 0. The van der Waals surface area contributed by atoms with Crippen LogP contribution in [0.4, 0.5) is 0 Å². The summed E-state index contributed by atoms with van der Waals surface area (Å²) in [7, 11) is 2.16. The van der Waals surface area contributed by atoms with E-state index in [-0.39, 0.29) is 0 Å². The number of ether oxygens (including phenoxy) is 1. The Labute approximate surface area is 128 Å². The molecule has 1 fully saturated rings. The number of benzene rings is 1. The predicted molar refractivity (Wildman–Crippen MR) is 85.9 cm³/mol. The number of nitrogens with one attached hydrogen (secondary N) is 1. The maximum atomic E-state index is 10.00. The molecule has 0 amide bonds. The van der Waals surface area contributed by atoms with Crippen LogP contribution in [0.15, 0.2) is 18.2 Å². The number of likely N-dealkylation sites (tertiary alicyclic amines) is 1. The molecule has 2 N–H and O–H groups in total. The molecule has 4 nitrogen and oxygen atoms in total. The van der Waals surface area contributed by atoms with E-state index < -0.39 is 6.10 Å². The van der Waals surface area contributed by atoms with Crippen LogP contribution in [0.2, 0.25) is 0 Å². The molecule has 0 spiro atoms. The molecule has 0 radical (unpaired) electrons. The SMILES string of the molecule is Cc1ccc(C)c(OCC(O)CNCC2CCN(C)C2)c1. The van der Waals surface area contributed by atoms with Gasteiger partial charge in [-0.3, -0.25) is 0 Å². The van der Waals surface area contributed by atoms with E-state index in [0.717, 1.165) is 24.4 Å². The van der Waals surface area contributed by atoms with Crippen molar-refractivity contribution in [3.8, 4) is 5.75 Å². The molecule has 21 heavy (non-hydrogen) atoms. The normalized spacial score (nSPS) is 20.7. The van der Waals surface area contributed by atoms with Gasteiger partial charge in [0, 0.05) is 13.1 Å². The molecule has 2 unspecified atom stereocenters. The Morgan fingerprint density at radius 2 is 2.24 bits per heavy atom. The number of rotatable bonds is 7. The van der Waals surface area contributed by atoms with E-state index in [1.54, 1.807) is 0 Å². The van der Waals surface area contributed by atoms with Gasteiger partial charge in [-0.05, 0) is 63.5 Å². The molecule has 118 valence electrons. The number of nitrogens with zero attached hydrogens (tertiary/aromatic N) is 1. The zero-order chi connectivity index (χ0) is 15.2. The van der Waals surface area contributed by atoms with Crippen molar-refractivity contribution in [1.82, 2.24) is 10.2 Å². The van der Waals surface area contributed by atoms with Crippen LogP contribution in [0, 0.1) is 19.8 Å². The molecule has 0 aliphatic carbocycles. The second kappa shape index (κ2) is 7.78. The highest BCUT2D eigenvalue weighted by molar-refractivity contribution is 5.35. The Morgan fingerprint density at radius 3 is 2.95 bits per heavy atom. The fraction of sp³-hybridized carbons (Fsp3) is 0.647. The first-order valence-electron chi connectivity index (χ1n) is 7.82. The smallest absolute Gasteiger partial charge is 0.122 e. The topological polar surface area (TPSA) is 44.7 Å². The Kier molecular flexibility index (Phi) is 6.03. The number of hydrogen-bond acceptors (Lipinski definition) is 4. The largest absolute Gasteiger partial charge is 0.491 e. The summed E-state index contributed by atoms with van der Waals surface area (Å²) in [5, 5.41) is 13.4. The first-order valence-corrected chi connectivity index (χ1v) is 7.82. The van der Waals surface area contributed by atoms with Gasteiger partial charge in [-0.25, -0.2) is 0 Å². The number of hydrogen-bond donors (Lipinski definition) is 2. The predicted octanol–water partition coefficient (Wildman–Crippen LogP) is 1.58. The number of aryl methyl sites for hydroxylation is 2. The highest BCUT2D eigenvalue weighted by Crippen LogP contribution is 2.19. The Bertz CT molecular complexity index is 450. The summed E-state index contributed by atoms with van der Waals surface area (Å²) in [6, 6.07) is 6.13. The zero-order valence-corrected chi connectivity index (χ0v) is 13.4. The molecule has 4 heteroatoms. The average molecular weight is 292 g/mol. The van der Waals surface area contributed by atoms with Crippen LogP contribution in [-0.4, -0.2) is 55.9 Å². The average Bonchev–Trinajstić information content (AvgIpc) is 2.85. The fourth-order valence-corrected chi connectivity index (χ4v) is 2.75. The summed E-state index contributed by atoms with van der Waals surface area (Å²) in [5.74, 6) is 1.58. The third kappa shape index (κ3) is 5.30. The van der Waals surface area contributed by atoms with Gasteiger partial charge in [0.25, 0.3) is 0 Å². The monoisotopic (exact) mass is 292 g/mol. The van der Waals surface area contributed by atoms with E-state index in [1.165, 1.54) is 18.5 Å². The molecule has 0 aromatic heterocycles. The maximum absolute atomic E-state index is 10.00. The molecule has 1 saturated heterocycles. The van der Waals surface area contributed by atoms with Crippen LogP contribution in [0.25, 0.3) is 0 Å². The maximum Gasteiger partial charge on any atom is 0.122 e. The van der Waals surface area contributed by atoms with Gasteiger partial charge in [0.05, 0.1) is 0 Å². The number of aliphatic hydroxyl groups is 1. The molecule has 2 rings (SSSR count). The third-order valence-electron chi connectivity index (χ3n) is 4.08. The lowest BCUT2D eigenvalue weighted by atomic mass is 10.1. The van der Waals surface area contributed by atoms with Gasteiger partial charge in [0.1, 0.15) is 18.5 Å². The molecule has 2 atom stereocenters. The van der Waals surface area contributed by atoms with Crippen molar-refractivity contribution in [1.29, 1.82) is 0 Å². The van der Waals surface area contributed by atoms with Gasteiger partial charge in [-0.1, -0.05) is 12.1 Å². The van der Waals surface area contributed by atoms with E-state index in [9.17, 15) is 5.11 Å². The quantitative estimate of drug-likeness (QED) is 0.801. The summed E-state index contributed by atoms with van der Waals surface area (Å²) in [6.07, 6.45) is 0.780. The summed E-state index contributed by atoms with van der Waals surface area (Å²) < 4.78 is 5.72. The van der Waals surface area contributed by atoms with Gasteiger partial charge in [-0.15, -0.1) is 0 Å². The van der Waals surface area contributed by atoms with Crippen LogP contribution in [-0.2, 0) is 0 Å². The van der Waals surface area contributed by atoms with E-state index >= 15 is 0 Å². The van der Waals surface area contributed by atoms with E-state index in [4.69, 9.17) is 4.74 Å². The first-order chi connectivity index (χ1) is 10.0. The standard InChI is InChI=1S/C17H28N2O2/c1-13-4-5-14(2)17(8-13)21-12-16(20)10-18-9-15-6-7-19(3)11-15/h4-5,8,15-16,18,20H,6-7,9-12H2,1-3H3. The molecule has 1 heterocycles. The lowest BCUT2D eigenvalue weighted by Gasteiger charge is -2.16. The molecular weight excluding hydrogens is 264 g/mol. The number of aliphatic hydroxyl groups excluding tert-OH is 1. The van der Waals surface area contributed by atoms with Crippen molar-refractivity contribution in [2.75, 3.05) is 39.8 Å². The van der Waals surface area contributed by atoms with Gasteiger partial charge in [0.2, 0.25) is 0 Å². The third-order valence-corrected chi connectivity index (χ3v) is 4.08. The molecule has 1 aromatic rings. The van der Waals surface area contributed by atoms with Crippen molar-refractivity contribution >= 4 is 0 Å². The summed E-state index contributed by atoms with van der Waals surface area (Å²) in [4.78, 5) is 2.35. The van der Waals surface area contributed by atoms with E-state index in [0.29, 0.717) is 19.1 Å². The summed E-state index contributed by atoms with van der Waals surface area (Å²) in [5.41, 5.74) is 2.28. The van der Waals surface area contributed by atoms with Crippen LogP contribution in [0.5, 0.6) is 5.75 Å². The molecule has 0 saturated carbocycles. The van der Waals surface area contributed by atoms with Crippen LogP contribution < -0.4 is 10.1 Å². The van der Waals surface area contributed by atoms with Gasteiger partial charge in [-0.2, -0.15) is 0 Å². The van der Waals surface area contributed by atoms with Crippen molar-refractivity contribution in [2.45, 2.75) is 26.4 Å². The lowest BCUT2D eigenvalue weighted by Crippen LogP contribution is -2.34. The van der Waals surface area contributed by atoms with Gasteiger partial charge in [0.15, 0.2) is 0 Å². The van der Waals surface area contributed by atoms with Crippen molar-refractivity contribution in [2.24, 2.45) is 5.92 Å². The van der Waals surface area contributed by atoms with Crippen molar-refractivity contribution in [3.05, 3.63) is 29.3 Å². The second-order valence-electron chi connectivity index (χ2n) is 6.31. The Hall–Kier alpha value is -1.10. The van der Waals surface area contributed by atoms with Crippen molar-refractivity contribution < 1.29 is 9.84 Å². The minimum atomic E-state index is -0.468. The van der Waals surface area contributed by atoms with E-state index in [1.807, 2.05) is 26.0 Å². The fourth-order valence-electron chi connectivity index (χ4n) is 2.75. The molecule has 1 aliphatic rings. The molecule has 0 bridgehead atoms. The highest BCUT2D eigenvalue weighted by atomic mass is 16.5. The minimum Gasteiger partial charge on any atom is -0.491 e. The molecule has 1 aliphatic heterocycles. The summed E-state index contributed by atoms with van der Waals surface area (Å²) in [6.45, 7) is 8.31. The van der Waals surface area contributed by atoms with Gasteiger partial charge < -0.3 is 20.1 Å².